The fourth-order valence-electron chi connectivity index (χ4n) is 2.23. The second-order valence-corrected chi connectivity index (χ2v) is 9.20. The van der Waals surface area contributed by atoms with Gasteiger partial charge in [-0.2, -0.15) is 0 Å². The molecular weight excluding hydrogens is 300 g/mol. The number of benzene rings is 1. The lowest BCUT2D eigenvalue weighted by atomic mass is 10.4. The second kappa shape index (κ2) is 8.34. The summed E-state index contributed by atoms with van der Waals surface area (Å²) in [4.78, 5) is 2.72. The van der Waals surface area contributed by atoms with Gasteiger partial charge in [-0.05, 0) is 25.3 Å². The molecule has 0 radical (unpaired) electrons. The Hall–Kier alpha value is -0.333. The first-order valence-corrected chi connectivity index (χ1v) is 10.8. The van der Waals surface area contributed by atoms with Gasteiger partial charge in [-0.15, -0.1) is 0 Å². The van der Waals surface area contributed by atoms with Crippen LogP contribution in [0.25, 0.3) is 0 Å². The van der Waals surface area contributed by atoms with Crippen molar-refractivity contribution in [2.45, 2.75) is 49.8 Å². The molecule has 2 rings (SSSR count). The van der Waals surface area contributed by atoms with E-state index < -0.39 is 8.56 Å². The summed E-state index contributed by atoms with van der Waals surface area (Å²) < 4.78 is 18.5. The molecule has 1 aromatic carbocycles. The lowest BCUT2D eigenvalue weighted by molar-refractivity contribution is 0.107. The van der Waals surface area contributed by atoms with Crippen LogP contribution in [0.5, 0.6) is 0 Å². The van der Waals surface area contributed by atoms with Crippen molar-refractivity contribution in [1.82, 2.24) is 0 Å². The van der Waals surface area contributed by atoms with E-state index in [0.717, 1.165) is 39.1 Å². The summed E-state index contributed by atoms with van der Waals surface area (Å²) in [7, 11) is -2.49. The van der Waals surface area contributed by atoms with E-state index >= 15 is 0 Å². The average Bonchev–Trinajstić information content (AvgIpc) is 3.29. The third-order valence-electron chi connectivity index (χ3n) is 3.28. The molecular formula is C16H26O3SSi. The van der Waals surface area contributed by atoms with Crippen LogP contribution in [0.3, 0.4) is 0 Å². The van der Waals surface area contributed by atoms with Gasteiger partial charge in [0.25, 0.3) is 0 Å². The van der Waals surface area contributed by atoms with Gasteiger partial charge in [-0.3, -0.25) is 0 Å². The van der Waals surface area contributed by atoms with Crippen molar-refractivity contribution in [3.63, 3.8) is 0 Å². The molecule has 0 aromatic heterocycles. The van der Waals surface area contributed by atoms with E-state index in [2.05, 4.69) is 39.0 Å². The number of fused-ring (bicyclic) bond motifs is 1. The Balaban J connectivity index is 2.22. The molecule has 0 saturated heterocycles. The topological polar surface area (TPSA) is 27.7 Å². The van der Waals surface area contributed by atoms with Crippen LogP contribution in [0.1, 0.15) is 40.0 Å². The third kappa shape index (κ3) is 4.33. The van der Waals surface area contributed by atoms with Gasteiger partial charge in [0.05, 0.1) is 6.23 Å². The maximum Gasteiger partial charge on any atom is 0.400 e. The van der Waals surface area contributed by atoms with Gasteiger partial charge < -0.3 is 13.6 Å². The predicted molar refractivity (Wildman–Crippen MR) is 89.5 cm³/mol. The molecule has 0 bridgehead atoms. The largest absolute Gasteiger partial charge is 0.400 e. The van der Waals surface area contributed by atoms with E-state index in [1.165, 1.54) is 15.0 Å². The highest BCUT2D eigenvalue weighted by Crippen LogP contribution is 2.47. The van der Waals surface area contributed by atoms with Gasteiger partial charge in [-0.25, -0.2) is 0 Å². The van der Waals surface area contributed by atoms with Crippen LogP contribution in [-0.2, 0) is 13.6 Å². The van der Waals surface area contributed by atoms with Gasteiger partial charge in [-0.1, -0.05) is 44.7 Å². The normalized spacial score (nSPS) is 13.3. The summed E-state index contributed by atoms with van der Waals surface area (Å²) >= 11 is 1.84. The molecule has 1 aliphatic rings. The number of ether oxygens (including phenoxy) is 1. The zero-order valence-electron chi connectivity index (χ0n) is 13.3. The van der Waals surface area contributed by atoms with Crippen LogP contribution in [0, 0.1) is 0 Å². The Morgan fingerprint density at radius 3 is 2.24 bits per heavy atom. The van der Waals surface area contributed by atoms with Crippen LogP contribution in [0.4, 0.5) is 0 Å². The second-order valence-electron chi connectivity index (χ2n) is 5.24. The van der Waals surface area contributed by atoms with Crippen molar-refractivity contribution in [2.24, 2.45) is 0 Å². The quantitative estimate of drug-likeness (QED) is 0.358. The minimum Gasteiger partial charge on any atom is -0.390 e. The van der Waals surface area contributed by atoms with Crippen LogP contribution in [-0.4, -0.2) is 34.6 Å². The molecule has 5 heteroatoms. The molecule has 1 aliphatic heterocycles. The van der Waals surface area contributed by atoms with E-state index in [0.29, 0.717) is 6.23 Å². The van der Waals surface area contributed by atoms with E-state index in [-0.39, 0.29) is 0 Å². The zero-order chi connectivity index (χ0) is 15.1. The molecule has 0 saturated carbocycles. The van der Waals surface area contributed by atoms with Gasteiger partial charge in [0.2, 0.25) is 0 Å². The molecule has 0 N–H and O–H groups in total. The Morgan fingerprint density at radius 1 is 0.952 bits per heavy atom. The summed E-state index contributed by atoms with van der Waals surface area (Å²) in [6.07, 6.45) is 3.62. The first kappa shape index (κ1) is 17.0. The van der Waals surface area contributed by atoms with Crippen LogP contribution in [0.2, 0.25) is 0 Å². The number of hydrogen-bond donors (Lipinski definition) is 0. The third-order valence-corrected chi connectivity index (χ3v) is 7.62. The summed E-state index contributed by atoms with van der Waals surface area (Å²) in [6.45, 7) is 8.64. The van der Waals surface area contributed by atoms with Crippen molar-refractivity contribution < 1.29 is 13.6 Å². The van der Waals surface area contributed by atoms with E-state index in [1.807, 2.05) is 11.8 Å². The molecule has 0 amide bonds. The van der Waals surface area contributed by atoms with Gasteiger partial charge in [0, 0.05) is 34.8 Å². The zero-order valence-corrected chi connectivity index (χ0v) is 15.1. The minimum atomic E-state index is -2.49. The smallest absolute Gasteiger partial charge is 0.390 e. The van der Waals surface area contributed by atoms with Gasteiger partial charge in [0.1, 0.15) is 0 Å². The van der Waals surface area contributed by atoms with Crippen LogP contribution >= 0.6 is 11.8 Å². The number of hydrogen-bond acceptors (Lipinski definition) is 4. The first-order valence-electron chi connectivity index (χ1n) is 7.94. The summed E-state index contributed by atoms with van der Waals surface area (Å²) in [5.74, 6) is 0. The number of rotatable bonds is 11. The Kier molecular flexibility index (Phi) is 6.76. The van der Waals surface area contributed by atoms with Crippen molar-refractivity contribution in [1.29, 1.82) is 0 Å². The fourth-order valence-corrected chi connectivity index (χ4v) is 6.64. The van der Waals surface area contributed by atoms with Crippen LogP contribution in [0.15, 0.2) is 28.0 Å². The Labute approximate surface area is 133 Å². The molecule has 0 unspecified atom stereocenters. The summed E-state index contributed by atoms with van der Waals surface area (Å²) in [5, 5.41) is 1.27. The van der Waals surface area contributed by atoms with Crippen molar-refractivity contribution in [3.05, 3.63) is 18.2 Å². The molecule has 0 atom stereocenters. The van der Waals surface area contributed by atoms with Crippen molar-refractivity contribution in [3.8, 4) is 0 Å². The average molecular weight is 327 g/mol. The molecule has 0 fully saturated rings. The highest BCUT2D eigenvalue weighted by Gasteiger charge is 2.45. The molecule has 1 aromatic rings. The maximum atomic E-state index is 6.31. The Morgan fingerprint density at radius 2 is 1.62 bits per heavy atom. The fraction of sp³-hybridized carbons (Fsp3) is 0.625. The highest BCUT2D eigenvalue weighted by atomic mass is 32.2. The van der Waals surface area contributed by atoms with E-state index in [9.17, 15) is 0 Å². The summed E-state index contributed by atoms with van der Waals surface area (Å²) in [6, 6.07) is 6.45. The van der Waals surface area contributed by atoms with E-state index in [1.54, 1.807) is 0 Å². The molecule has 3 nitrogen and oxygen atoms in total. The predicted octanol–water partition coefficient (Wildman–Crippen LogP) is 3.62. The van der Waals surface area contributed by atoms with Crippen molar-refractivity contribution in [2.75, 3.05) is 26.1 Å². The molecule has 1 heterocycles. The molecule has 0 spiro atoms. The lowest BCUT2D eigenvalue weighted by Crippen LogP contribution is -2.58. The highest BCUT2D eigenvalue weighted by molar-refractivity contribution is 8.05. The molecule has 21 heavy (non-hydrogen) atoms. The standard InChI is InChI=1S/C16H26O3SSi/c1-4-10-17-13-21(18-11-5-2,19-12-6-3)15-9-7-8-14-16(15)20-14/h7-9H,4-6,10-13H2,1-3H3. The molecule has 118 valence electrons. The molecule has 0 aliphatic carbocycles. The SMILES string of the molecule is CCCOC[Si](OCCC)(OCCC)c1cccc2c1S2. The lowest BCUT2D eigenvalue weighted by Gasteiger charge is -2.30. The minimum absolute atomic E-state index is 0.595. The van der Waals surface area contributed by atoms with Crippen LogP contribution < -0.4 is 5.19 Å². The van der Waals surface area contributed by atoms with Crippen molar-refractivity contribution >= 4 is 25.5 Å². The summed E-state index contributed by atoms with van der Waals surface area (Å²) in [5.41, 5.74) is 0. The first-order chi connectivity index (χ1) is 10.3. The van der Waals surface area contributed by atoms with Gasteiger partial charge >= 0.3 is 8.56 Å². The van der Waals surface area contributed by atoms with E-state index in [4.69, 9.17) is 13.6 Å². The maximum absolute atomic E-state index is 6.31. The Bertz CT molecular complexity index is 445. The van der Waals surface area contributed by atoms with Gasteiger partial charge in [0.15, 0.2) is 0 Å². The monoisotopic (exact) mass is 326 g/mol.